The number of unbranched alkanes of at least 4 members (excludes halogenated alkanes) is 18. The molecular weight excluding hydrogens is 613 g/mol. The summed E-state index contributed by atoms with van der Waals surface area (Å²) in [6, 6.07) is 0. The van der Waals surface area contributed by atoms with Crippen LogP contribution in [-0.4, -0.2) is 60.6 Å². The molecular formula is C32H55N5O8P-. The van der Waals surface area contributed by atoms with E-state index in [1.54, 1.807) is 0 Å². The van der Waals surface area contributed by atoms with E-state index in [0.717, 1.165) is 19.3 Å². The van der Waals surface area contributed by atoms with Crippen LogP contribution in [0.4, 0.5) is 5.82 Å². The average Bonchev–Trinajstić information content (AvgIpc) is 3.58. The van der Waals surface area contributed by atoms with E-state index < -0.39 is 44.9 Å². The lowest BCUT2D eigenvalue weighted by Gasteiger charge is -2.24. The highest BCUT2D eigenvalue weighted by Gasteiger charge is 2.45. The van der Waals surface area contributed by atoms with Gasteiger partial charge >= 0.3 is 13.8 Å². The molecule has 13 nitrogen and oxygen atoms in total. The van der Waals surface area contributed by atoms with Crippen LogP contribution < -0.4 is 10.6 Å². The number of carbonyl (C=O) groups excluding carboxylic acids is 1. The SMILES string of the molecule is CCCCCCCCCCCCCCCCCCCCCC(=O)OP(=O)([O-])OC[C@H]1O[C@@H](n2cnc3c(N)ncnc32)[C@H](O)[C@@H]1O. The minimum Gasteiger partial charge on any atom is -0.746 e. The van der Waals surface area contributed by atoms with Crippen LogP contribution in [0, 0.1) is 0 Å². The summed E-state index contributed by atoms with van der Waals surface area (Å²) in [5.74, 6) is -0.760. The number of nitrogen functional groups attached to an aromatic ring is 1. The number of phosphoric acid groups is 1. The fourth-order valence-corrected chi connectivity index (χ4v) is 6.59. The molecule has 262 valence electrons. The molecule has 0 spiro atoms. The number of ether oxygens (including phenoxy) is 1. The minimum absolute atomic E-state index is 0.0313. The number of anilines is 1. The summed E-state index contributed by atoms with van der Waals surface area (Å²) in [4.78, 5) is 36.3. The first-order valence-electron chi connectivity index (χ1n) is 17.4. The second-order valence-electron chi connectivity index (χ2n) is 12.4. The molecule has 0 aromatic carbocycles. The van der Waals surface area contributed by atoms with Gasteiger partial charge in [0.2, 0.25) is 0 Å². The third-order valence-corrected chi connectivity index (χ3v) is 9.49. The number of phosphoric ester groups is 1. The van der Waals surface area contributed by atoms with Crippen molar-refractivity contribution in [3.63, 3.8) is 0 Å². The largest absolute Gasteiger partial charge is 0.746 e. The maximum atomic E-state index is 12.2. The van der Waals surface area contributed by atoms with Gasteiger partial charge in [0.1, 0.15) is 30.2 Å². The van der Waals surface area contributed by atoms with Gasteiger partial charge in [0.25, 0.3) is 0 Å². The Bertz CT molecular complexity index is 1200. The molecule has 0 bridgehead atoms. The number of nitrogens with zero attached hydrogens (tertiary/aromatic N) is 4. The van der Waals surface area contributed by atoms with E-state index >= 15 is 0 Å². The molecule has 1 aliphatic rings. The summed E-state index contributed by atoms with van der Waals surface area (Å²) < 4.78 is 28.6. The molecule has 0 amide bonds. The number of nitrogens with two attached hydrogens (primary N) is 1. The van der Waals surface area contributed by atoms with Crippen molar-refractivity contribution in [2.24, 2.45) is 0 Å². The van der Waals surface area contributed by atoms with Crippen LogP contribution in [-0.2, 0) is 23.1 Å². The van der Waals surface area contributed by atoms with Gasteiger partial charge < -0.3 is 34.6 Å². The number of hydrogen-bond acceptors (Lipinski definition) is 12. The Balaban J connectivity index is 1.17. The minimum atomic E-state index is -5.00. The van der Waals surface area contributed by atoms with E-state index in [1.165, 1.54) is 114 Å². The van der Waals surface area contributed by atoms with Crippen LogP contribution in [0.2, 0.25) is 0 Å². The van der Waals surface area contributed by atoms with Gasteiger partial charge in [0.15, 0.2) is 17.7 Å². The summed E-state index contributed by atoms with van der Waals surface area (Å²) in [6.45, 7) is 1.60. The van der Waals surface area contributed by atoms with Gasteiger partial charge in [0, 0.05) is 6.42 Å². The molecule has 4 N–H and O–H groups in total. The van der Waals surface area contributed by atoms with Crippen LogP contribution in [0.3, 0.4) is 0 Å². The Kier molecular flexibility index (Phi) is 17.4. The van der Waals surface area contributed by atoms with Crippen molar-refractivity contribution >= 4 is 30.8 Å². The predicted octanol–water partition coefficient (Wildman–Crippen LogP) is 5.88. The van der Waals surface area contributed by atoms with Crippen LogP contribution in [0.1, 0.15) is 142 Å². The van der Waals surface area contributed by atoms with Crippen molar-refractivity contribution in [3.05, 3.63) is 12.7 Å². The summed E-state index contributed by atoms with van der Waals surface area (Å²) in [6.07, 6.45) is 20.8. The Morgan fingerprint density at radius 3 is 1.93 bits per heavy atom. The Morgan fingerprint density at radius 1 is 0.870 bits per heavy atom. The quantitative estimate of drug-likeness (QED) is 0.0841. The number of hydrogen-bond donors (Lipinski definition) is 3. The molecule has 0 saturated carbocycles. The zero-order valence-corrected chi connectivity index (χ0v) is 28.4. The number of fused-ring (bicyclic) bond motifs is 1. The molecule has 2 aromatic heterocycles. The first-order chi connectivity index (χ1) is 22.2. The summed E-state index contributed by atoms with van der Waals surface area (Å²) in [7, 11) is -5.00. The summed E-state index contributed by atoms with van der Waals surface area (Å²) in [5.41, 5.74) is 6.34. The molecule has 1 aliphatic heterocycles. The second kappa shape index (κ2) is 21.0. The smallest absolute Gasteiger partial charge is 0.322 e. The lowest BCUT2D eigenvalue weighted by molar-refractivity contribution is -0.227. The molecule has 46 heavy (non-hydrogen) atoms. The van der Waals surface area contributed by atoms with Gasteiger partial charge in [-0.25, -0.2) is 15.0 Å². The third kappa shape index (κ3) is 13.2. The Labute approximate surface area is 273 Å². The first-order valence-corrected chi connectivity index (χ1v) is 18.8. The van der Waals surface area contributed by atoms with Gasteiger partial charge in [-0.15, -0.1) is 0 Å². The third-order valence-electron chi connectivity index (χ3n) is 8.59. The van der Waals surface area contributed by atoms with E-state index in [0.29, 0.717) is 6.42 Å². The number of aliphatic hydroxyl groups is 2. The van der Waals surface area contributed by atoms with Gasteiger partial charge in [-0.1, -0.05) is 122 Å². The molecule has 14 heteroatoms. The number of aliphatic hydroxyl groups excluding tert-OH is 2. The van der Waals surface area contributed by atoms with Crippen molar-refractivity contribution in [1.29, 1.82) is 0 Å². The summed E-state index contributed by atoms with van der Waals surface area (Å²) in [5, 5.41) is 20.9. The van der Waals surface area contributed by atoms with Crippen molar-refractivity contribution in [1.82, 2.24) is 19.5 Å². The van der Waals surface area contributed by atoms with E-state index in [4.69, 9.17) is 15.0 Å². The predicted molar refractivity (Wildman–Crippen MR) is 173 cm³/mol. The number of imidazole rings is 1. The molecule has 0 aliphatic carbocycles. The number of aromatic nitrogens is 4. The maximum absolute atomic E-state index is 12.2. The maximum Gasteiger partial charge on any atom is 0.322 e. The molecule has 5 atom stereocenters. The van der Waals surface area contributed by atoms with Gasteiger partial charge in [-0.2, -0.15) is 0 Å². The van der Waals surface area contributed by atoms with Gasteiger partial charge in [-0.05, 0) is 6.42 Å². The monoisotopic (exact) mass is 668 g/mol. The van der Waals surface area contributed by atoms with Crippen molar-refractivity contribution in [2.75, 3.05) is 12.3 Å². The van der Waals surface area contributed by atoms with Crippen molar-refractivity contribution in [2.45, 2.75) is 160 Å². The van der Waals surface area contributed by atoms with Crippen LogP contribution in [0.15, 0.2) is 12.7 Å². The molecule has 1 saturated heterocycles. The molecule has 2 aromatic rings. The van der Waals surface area contributed by atoms with Crippen LogP contribution in [0.5, 0.6) is 0 Å². The highest BCUT2D eigenvalue weighted by Crippen LogP contribution is 2.41. The Morgan fingerprint density at radius 2 is 1.39 bits per heavy atom. The zero-order valence-electron chi connectivity index (χ0n) is 27.5. The highest BCUT2D eigenvalue weighted by molar-refractivity contribution is 7.46. The lowest BCUT2D eigenvalue weighted by Crippen LogP contribution is -2.34. The van der Waals surface area contributed by atoms with Crippen molar-refractivity contribution in [3.8, 4) is 0 Å². The highest BCUT2D eigenvalue weighted by atomic mass is 31.2. The topological polar surface area (TPSA) is 195 Å². The fraction of sp³-hybridized carbons (Fsp3) is 0.812. The fourth-order valence-electron chi connectivity index (χ4n) is 5.86. The molecule has 3 rings (SSSR count). The zero-order chi connectivity index (χ0) is 33.2. The standard InChI is InChI=1S/C32H56N5O8P/c1-2-3-4-5-6-7-8-9-10-11-12-13-14-15-16-17-18-19-20-21-26(38)45-46(41,42)43-22-25-28(39)29(40)32(44-25)37-24-36-27-30(33)34-23-35-31(27)37/h23-25,28-29,32,39-40H,2-22H2,1H3,(H,41,42)(H2,33,34,35)/p-1/t25-,28-,29-,32-/m1/s1. The lowest BCUT2D eigenvalue weighted by atomic mass is 10.0. The van der Waals surface area contributed by atoms with Crippen LogP contribution in [0.25, 0.3) is 11.2 Å². The number of carbonyl (C=O) groups is 1. The van der Waals surface area contributed by atoms with E-state index in [9.17, 15) is 24.5 Å². The summed E-state index contributed by atoms with van der Waals surface area (Å²) >= 11 is 0. The normalized spacial score (nSPS) is 21.1. The van der Waals surface area contributed by atoms with Crippen LogP contribution >= 0.6 is 7.82 Å². The average molecular weight is 669 g/mol. The number of rotatable bonds is 25. The molecule has 0 radical (unpaired) electrons. The van der Waals surface area contributed by atoms with Gasteiger partial charge in [-0.3, -0.25) is 13.9 Å². The molecule has 3 heterocycles. The van der Waals surface area contributed by atoms with E-state index in [-0.39, 0.29) is 23.4 Å². The van der Waals surface area contributed by atoms with E-state index in [2.05, 4.69) is 26.4 Å². The van der Waals surface area contributed by atoms with Crippen molar-refractivity contribution < 1.29 is 38.3 Å². The second-order valence-corrected chi connectivity index (χ2v) is 13.8. The van der Waals surface area contributed by atoms with Gasteiger partial charge in [0.05, 0.1) is 12.9 Å². The Hall–Kier alpha value is -2.15. The first kappa shape index (κ1) is 38.3. The molecule has 1 unspecified atom stereocenters. The van der Waals surface area contributed by atoms with E-state index in [1.807, 2.05) is 0 Å². The molecule has 1 fully saturated rings.